The summed E-state index contributed by atoms with van der Waals surface area (Å²) in [7, 11) is 2.39. The highest BCUT2D eigenvalue weighted by molar-refractivity contribution is 5.35. The molecular weight excluding hydrogens is 1280 g/mol. The average Bonchev–Trinajstić information content (AvgIpc) is 1.56. The van der Waals surface area contributed by atoms with Crippen molar-refractivity contribution in [2.24, 2.45) is 45.3 Å². The molecule has 7 saturated heterocycles. The zero-order chi connectivity index (χ0) is 70.3. The predicted octanol–water partition coefficient (Wildman–Crippen LogP) is -2.53. The van der Waals surface area contributed by atoms with E-state index in [1.54, 1.807) is 0 Å². The Morgan fingerprint density at radius 2 is 0.979 bits per heavy atom. The van der Waals surface area contributed by atoms with Gasteiger partial charge in [0.15, 0.2) is 37.7 Å². The summed E-state index contributed by atoms with van der Waals surface area (Å²) in [5, 5.41) is 167. The maximum atomic E-state index is 12.7. The van der Waals surface area contributed by atoms with Crippen molar-refractivity contribution < 1.29 is 148 Å². The topological polar surface area (TPSA) is 442 Å². The molecule has 4 aliphatic carbocycles. The van der Waals surface area contributed by atoms with Crippen LogP contribution in [0.1, 0.15) is 120 Å². The molecule has 97 heavy (non-hydrogen) atoms. The van der Waals surface area contributed by atoms with E-state index in [9.17, 15) is 76.6 Å². The van der Waals surface area contributed by atoms with Gasteiger partial charge in [0.25, 0.3) is 0 Å². The fraction of sp³-hybridized carbons (Fsp3) is 0.970. The van der Waals surface area contributed by atoms with Crippen LogP contribution in [0.15, 0.2) is 11.6 Å². The summed E-state index contributed by atoms with van der Waals surface area (Å²) in [5.74, 6) is 1.61. The Morgan fingerprint density at radius 3 is 1.49 bits per heavy atom. The van der Waals surface area contributed by atoms with Crippen LogP contribution in [0.3, 0.4) is 0 Å². The molecule has 560 valence electrons. The average molecular weight is 1400 g/mol. The second-order valence-electron chi connectivity index (χ2n) is 31.2. The highest BCUT2D eigenvalue weighted by Crippen LogP contribution is 2.76. The third-order valence-corrected chi connectivity index (χ3v) is 25.1. The van der Waals surface area contributed by atoms with Gasteiger partial charge in [-0.1, -0.05) is 66.0 Å². The molecule has 0 radical (unpaired) electrons. The maximum absolute atomic E-state index is 12.7. The van der Waals surface area contributed by atoms with Crippen molar-refractivity contribution in [2.75, 3.05) is 53.9 Å². The molecule has 3 unspecified atom stereocenters. The third kappa shape index (κ3) is 13.7. The van der Waals surface area contributed by atoms with Crippen LogP contribution in [0.4, 0.5) is 0 Å². The Bertz CT molecular complexity index is 2610. The highest BCUT2D eigenvalue weighted by atomic mass is 16.8. The lowest BCUT2D eigenvalue weighted by Crippen LogP contribution is -2.67. The second kappa shape index (κ2) is 30.2. The van der Waals surface area contributed by atoms with Crippen LogP contribution in [0.25, 0.3) is 0 Å². The fourth-order valence-corrected chi connectivity index (χ4v) is 19.4. The molecule has 0 aromatic rings. The molecule has 15 N–H and O–H groups in total. The lowest BCUT2D eigenvalue weighted by Gasteiger charge is -2.64. The largest absolute Gasteiger partial charge is 0.394 e. The van der Waals surface area contributed by atoms with Crippen molar-refractivity contribution in [1.29, 1.82) is 0 Å². The summed E-state index contributed by atoms with van der Waals surface area (Å²) < 4.78 is 91.1. The van der Waals surface area contributed by atoms with Gasteiger partial charge < -0.3 is 148 Å². The molecule has 0 aromatic carbocycles. The molecular formula is C67H112O30. The van der Waals surface area contributed by atoms with Crippen molar-refractivity contribution >= 4 is 0 Å². The molecule has 0 aromatic heterocycles. The number of rotatable bonds is 22. The standard InChI is InChI=1S/C67H112O30/c1-28(2)12-11-18-66(8)38-16-20-65(7)31-13-14-37-63(4,5)39(17-19-64(37,6)30(31)15-21-67(38,65)27-86-66)93-62-56(44(76)36(26-85-62)92-58-49(81)54(42(74)34(24-70)88-58)95-59-47(79)52(83-9)40(72)32(22-68)89-59)97-57-46(78)45(77)51(29(3)87-57)94-61-50(82)55(43(75)35(25-71)91-61)96-60-48(80)53(84-10)41(73)33(23-69)90-60/h15,28-29,31-62,68-82H,11-14,16-27H2,1-10H3/t29-,31-,32-,33-,34-,35-,36-,37+,38?,39+,40+,41-,42+,43-,44+,45-,46-,47-,48-,49-,50-,51-,52+,53+,54+,55+,56-,57+,58+,59+,60+,61+,62?,64-,65+,66+,67?/m1/s1. The van der Waals surface area contributed by atoms with Gasteiger partial charge in [-0.15, -0.1) is 0 Å². The molecule has 0 bridgehead atoms. The Kier molecular flexibility index (Phi) is 23.9. The lowest BCUT2D eigenvalue weighted by molar-refractivity contribution is -0.397. The van der Waals surface area contributed by atoms with E-state index < -0.39 is 223 Å². The molecule has 37 atom stereocenters. The quantitative estimate of drug-likeness (QED) is 0.0392. The number of allylic oxidation sites excluding steroid dienone is 2. The van der Waals surface area contributed by atoms with Gasteiger partial charge in [-0.2, -0.15) is 0 Å². The fourth-order valence-electron chi connectivity index (χ4n) is 19.4. The Labute approximate surface area is 566 Å². The first-order chi connectivity index (χ1) is 45.9. The van der Waals surface area contributed by atoms with Gasteiger partial charge in [0.1, 0.15) is 134 Å². The monoisotopic (exact) mass is 1400 g/mol. The number of aliphatic hydroxyl groups excluding tert-OH is 15. The molecule has 0 amide bonds. The first-order valence-electron chi connectivity index (χ1n) is 35.1. The van der Waals surface area contributed by atoms with Crippen LogP contribution in [0.2, 0.25) is 0 Å². The van der Waals surface area contributed by atoms with E-state index in [4.69, 9.17) is 71.1 Å². The van der Waals surface area contributed by atoms with Crippen LogP contribution in [-0.4, -0.2) is 320 Å². The predicted molar refractivity (Wildman–Crippen MR) is 330 cm³/mol. The Morgan fingerprint density at radius 1 is 0.495 bits per heavy atom. The van der Waals surface area contributed by atoms with E-state index in [0.717, 1.165) is 58.0 Å². The molecule has 1 spiro atoms. The zero-order valence-electron chi connectivity index (χ0n) is 57.4. The second-order valence-corrected chi connectivity index (χ2v) is 31.2. The van der Waals surface area contributed by atoms with Crippen LogP contribution in [-0.2, 0) is 71.1 Å². The molecule has 30 heteroatoms. The van der Waals surface area contributed by atoms with Gasteiger partial charge in [0.05, 0.1) is 57.5 Å². The third-order valence-electron chi connectivity index (χ3n) is 25.1. The maximum Gasteiger partial charge on any atom is 0.187 e. The number of ether oxygens (including phenoxy) is 15. The van der Waals surface area contributed by atoms with Crippen molar-refractivity contribution in [1.82, 2.24) is 0 Å². The van der Waals surface area contributed by atoms with Gasteiger partial charge >= 0.3 is 0 Å². The van der Waals surface area contributed by atoms with Gasteiger partial charge in [-0.3, -0.25) is 0 Å². The summed E-state index contributed by atoms with van der Waals surface area (Å²) in [6.45, 7) is 14.8. The number of hydrogen-bond donors (Lipinski definition) is 15. The summed E-state index contributed by atoms with van der Waals surface area (Å²) in [6.07, 6.45) is -36.3. The van der Waals surface area contributed by atoms with Crippen molar-refractivity contribution in [3.8, 4) is 0 Å². The van der Waals surface area contributed by atoms with Gasteiger partial charge in [-0.05, 0) is 105 Å². The van der Waals surface area contributed by atoms with Crippen molar-refractivity contribution in [3.63, 3.8) is 0 Å². The normalized spacial score (nSPS) is 53.1. The first kappa shape index (κ1) is 76.7. The zero-order valence-corrected chi connectivity index (χ0v) is 57.4. The molecule has 11 aliphatic rings. The molecule has 10 fully saturated rings. The number of fused-ring (bicyclic) bond motifs is 4. The minimum absolute atomic E-state index is 0.0555. The van der Waals surface area contributed by atoms with Crippen LogP contribution < -0.4 is 0 Å². The molecule has 7 aliphatic heterocycles. The van der Waals surface area contributed by atoms with E-state index in [-0.39, 0.29) is 27.8 Å². The van der Waals surface area contributed by atoms with Crippen LogP contribution in [0.5, 0.6) is 0 Å². The minimum Gasteiger partial charge on any atom is -0.394 e. The van der Waals surface area contributed by atoms with E-state index in [2.05, 4.69) is 54.5 Å². The highest BCUT2D eigenvalue weighted by Gasteiger charge is 2.72. The Balaban J connectivity index is 0.827. The summed E-state index contributed by atoms with van der Waals surface area (Å²) in [6, 6.07) is 0. The van der Waals surface area contributed by atoms with E-state index in [0.29, 0.717) is 24.2 Å². The number of hydrogen-bond acceptors (Lipinski definition) is 30. The SMILES string of the molecule is CO[C@@H]1[C@@H](O)[C@H](O[C@@H]2[C@@H](O)[C@H](O[C@H]3[C@H](O)[C@@H](O)[C@H](O[C@H]4C(O[C@H]5CC[C@]6(C)C7=CCC89CO[C@@](C)(CCCC(C)C)C8CC[C@@]9(C)[C@@H]7CC[C@H]6C5(C)C)OC[C@@H](O[C@@H]5O[C@H](CO)[C@H](O)[C@H](O[C@@H]6O[C@H](CO)[C@H](O)[C@H](OC)[C@H]6O)[C@H]5O)[C@@H]4O)O[C@@H]3C)O[C@H](CO)[C@H]2O)O[C@H](CO)[C@H]1O. The molecule has 3 saturated carbocycles. The first-order valence-corrected chi connectivity index (χ1v) is 35.1. The summed E-state index contributed by atoms with van der Waals surface area (Å²) in [4.78, 5) is 0. The molecule has 11 rings (SSSR count). The number of aliphatic hydroxyl groups is 15. The van der Waals surface area contributed by atoms with Crippen LogP contribution >= 0.6 is 0 Å². The minimum atomic E-state index is -2.04. The smallest absolute Gasteiger partial charge is 0.187 e. The van der Waals surface area contributed by atoms with E-state index >= 15 is 0 Å². The van der Waals surface area contributed by atoms with Gasteiger partial charge in [-0.25, -0.2) is 0 Å². The Hall–Kier alpha value is -1.46. The number of methoxy groups -OCH3 is 2. The van der Waals surface area contributed by atoms with E-state index in [1.807, 2.05) is 0 Å². The van der Waals surface area contributed by atoms with Crippen LogP contribution in [0, 0.1) is 45.3 Å². The van der Waals surface area contributed by atoms with E-state index in [1.165, 1.54) is 33.1 Å². The van der Waals surface area contributed by atoms with Gasteiger partial charge in [0.2, 0.25) is 0 Å². The molecule has 7 heterocycles. The summed E-state index contributed by atoms with van der Waals surface area (Å²) in [5.41, 5.74) is 0.740. The van der Waals surface area contributed by atoms with Crippen molar-refractivity contribution in [2.45, 2.75) is 309 Å². The molecule has 30 nitrogen and oxygen atoms in total. The van der Waals surface area contributed by atoms with Gasteiger partial charge in [0, 0.05) is 19.6 Å². The lowest BCUT2D eigenvalue weighted by atomic mass is 9.41. The summed E-state index contributed by atoms with van der Waals surface area (Å²) >= 11 is 0. The van der Waals surface area contributed by atoms with Crippen molar-refractivity contribution in [3.05, 3.63) is 11.6 Å².